The van der Waals surface area contributed by atoms with Crippen molar-refractivity contribution in [1.82, 2.24) is 4.90 Å². The predicted molar refractivity (Wildman–Crippen MR) is 107 cm³/mol. The zero-order valence-electron chi connectivity index (χ0n) is 16.7. The Hall–Kier alpha value is -3.83. The van der Waals surface area contributed by atoms with Gasteiger partial charge in [-0.3, -0.25) is 19.7 Å². The number of anilines is 1. The number of amides is 2. The van der Waals surface area contributed by atoms with E-state index >= 15 is 0 Å². The highest BCUT2D eigenvalue weighted by molar-refractivity contribution is 5.94. The van der Waals surface area contributed by atoms with E-state index < -0.39 is 28.3 Å². The number of ether oxygens (including phenoxy) is 1. The molecule has 1 aliphatic heterocycles. The Morgan fingerprint density at radius 3 is 2.22 bits per heavy atom. The predicted octanol–water partition coefficient (Wildman–Crippen LogP) is 2.44. The quantitative estimate of drug-likeness (QED) is 0.531. The summed E-state index contributed by atoms with van der Waals surface area (Å²) in [5, 5.41) is 11.3. The monoisotopic (exact) mass is 452 g/mol. The maximum atomic E-state index is 12.9. The molecule has 0 aliphatic carbocycles. The molecule has 1 aliphatic rings. The van der Waals surface area contributed by atoms with E-state index in [4.69, 9.17) is 10.5 Å². The van der Waals surface area contributed by atoms with Gasteiger partial charge in [-0.15, -0.1) is 0 Å². The molecule has 32 heavy (non-hydrogen) atoms. The van der Waals surface area contributed by atoms with Crippen molar-refractivity contribution in [2.75, 3.05) is 37.7 Å². The van der Waals surface area contributed by atoms with Crippen molar-refractivity contribution in [2.24, 2.45) is 5.73 Å². The van der Waals surface area contributed by atoms with E-state index in [1.807, 2.05) is 0 Å². The molecule has 1 heterocycles. The Kier molecular flexibility index (Phi) is 6.51. The smallest absolute Gasteiger partial charge is 0.416 e. The van der Waals surface area contributed by atoms with E-state index in [1.54, 1.807) is 9.80 Å². The summed E-state index contributed by atoms with van der Waals surface area (Å²) in [6, 6.07) is 8.53. The second-order valence-electron chi connectivity index (χ2n) is 7.02. The summed E-state index contributed by atoms with van der Waals surface area (Å²) in [6.07, 6.45) is -4.69. The Labute approximate surface area is 180 Å². The number of benzene rings is 2. The standard InChI is InChI=1S/C20H19F3N4O5/c21-20(22,23)14-3-6-16(17(11-14)27(30)31)25-7-9-26(10-8-25)19(29)13-1-4-15(5-2-13)32-12-18(24)28/h1-6,11H,7-10,12H2,(H2,24,28). The number of piperazine rings is 1. The van der Waals surface area contributed by atoms with Crippen molar-refractivity contribution in [3.63, 3.8) is 0 Å². The summed E-state index contributed by atoms with van der Waals surface area (Å²) < 4.78 is 43.8. The molecule has 3 rings (SSSR count). The molecule has 2 N–H and O–H groups in total. The molecule has 2 aromatic rings. The van der Waals surface area contributed by atoms with Crippen LogP contribution in [-0.4, -0.2) is 54.4 Å². The zero-order chi connectivity index (χ0) is 23.5. The van der Waals surface area contributed by atoms with Gasteiger partial charge in [0, 0.05) is 37.8 Å². The van der Waals surface area contributed by atoms with E-state index in [-0.39, 0.29) is 44.4 Å². The van der Waals surface area contributed by atoms with Crippen LogP contribution in [0.4, 0.5) is 24.5 Å². The number of nitrogens with zero attached hydrogens (tertiary/aromatic N) is 3. The van der Waals surface area contributed by atoms with Gasteiger partial charge in [-0.25, -0.2) is 0 Å². The van der Waals surface area contributed by atoms with Crippen LogP contribution in [0.2, 0.25) is 0 Å². The third-order valence-corrected chi connectivity index (χ3v) is 4.89. The third-order valence-electron chi connectivity index (χ3n) is 4.89. The fraction of sp³-hybridized carbons (Fsp3) is 0.300. The van der Waals surface area contributed by atoms with Crippen molar-refractivity contribution < 1.29 is 32.4 Å². The largest absolute Gasteiger partial charge is 0.484 e. The van der Waals surface area contributed by atoms with Crippen LogP contribution in [0, 0.1) is 10.1 Å². The SMILES string of the molecule is NC(=O)COc1ccc(C(=O)N2CCN(c3ccc(C(F)(F)F)cc3[N+](=O)[O-])CC2)cc1. The number of carbonyl (C=O) groups excluding carboxylic acids is 2. The second-order valence-corrected chi connectivity index (χ2v) is 7.02. The molecule has 2 amide bonds. The first-order valence-electron chi connectivity index (χ1n) is 9.47. The van der Waals surface area contributed by atoms with Crippen LogP contribution in [0.5, 0.6) is 5.75 Å². The molecule has 0 aromatic heterocycles. The van der Waals surface area contributed by atoms with Gasteiger partial charge in [-0.2, -0.15) is 13.2 Å². The van der Waals surface area contributed by atoms with E-state index in [1.165, 1.54) is 24.3 Å². The number of nitrogens with two attached hydrogens (primary N) is 1. The van der Waals surface area contributed by atoms with Gasteiger partial charge in [-0.05, 0) is 36.4 Å². The van der Waals surface area contributed by atoms with Crippen LogP contribution in [0.3, 0.4) is 0 Å². The first kappa shape index (κ1) is 22.8. The first-order chi connectivity index (χ1) is 15.1. The summed E-state index contributed by atoms with van der Waals surface area (Å²) in [6.45, 7) is 0.620. The van der Waals surface area contributed by atoms with Gasteiger partial charge < -0.3 is 20.3 Å². The lowest BCUT2D eigenvalue weighted by Crippen LogP contribution is -2.49. The molecule has 0 saturated carbocycles. The number of alkyl halides is 3. The molecule has 0 spiro atoms. The van der Waals surface area contributed by atoms with E-state index in [2.05, 4.69) is 0 Å². The van der Waals surface area contributed by atoms with Crippen LogP contribution in [0.1, 0.15) is 15.9 Å². The van der Waals surface area contributed by atoms with Crippen LogP contribution >= 0.6 is 0 Å². The van der Waals surface area contributed by atoms with E-state index in [9.17, 15) is 32.9 Å². The molecular weight excluding hydrogens is 433 g/mol. The number of nitro benzene ring substituents is 1. The average Bonchev–Trinajstić information content (AvgIpc) is 2.76. The van der Waals surface area contributed by atoms with Gasteiger partial charge >= 0.3 is 6.18 Å². The number of hydrogen-bond acceptors (Lipinski definition) is 6. The van der Waals surface area contributed by atoms with E-state index in [0.29, 0.717) is 17.4 Å². The van der Waals surface area contributed by atoms with Crippen LogP contribution in [0.15, 0.2) is 42.5 Å². The summed E-state index contributed by atoms with van der Waals surface area (Å²) in [5.74, 6) is -0.524. The van der Waals surface area contributed by atoms with Gasteiger partial charge in [0.15, 0.2) is 6.61 Å². The van der Waals surface area contributed by atoms with Crippen LogP contribution < -0.4 is 15.4 Å². The highest BCUT2D eigenvalue weighted by Gasteiger charge is 2.34. The number of rotatable bonds is 6. The van der Waals surface area contributed by atoms with Gasteiger partial charge in [0.1, 0.15) is 11.4 Å². The number of halogens is 3. The first-order valence-corrected chi connectivity index (χ1v) is 9.47. The van der Waals surface area contributed by atoms with Gasteiger partial charge in [0.05, 0.1) is 10.5 Å². The van der Waals surface area contributed by atoms with E-state index in [0.717, 1.165) is 12.1 Å². The molecule has 0 radical (unpaired) electrons. The molecule has 170 valence electrons. The molecule has 0 atom stereocenters. The number of nitro groups is 1. The van der Waals surface area contributed by atoms with Gasteiger partial charge in [0.2, 0.25) is 0 Å². The lowest BCUT2D eigenvalue weighted by Gasteiger charge is -2.36. The maximum absolute atomic E-state index is 12.9. The number of hydrogen-bond donors (Lipinski definition) is 1. The Bertz CT molecular complexity index is 1020. The second kappa shape index (κ2) is 9.12. The highest BCUT2D eigenvalue weighted by atomic mass is 19.4. The minimum absolute atomic E-state index is 0.0750. The van der Waals surface area contributed by atoms with Crippen molar-refractivity contribution in [1.29, 1.82) is 0 Å². The number of primary amides is 1. The average molecular weight is 452 g/mol. The summed E-state index contributed by atoms with van der Waals surface area (Å²) in [5.41, 5.74) is 3.73. The highest BCUT2D eigenvalue weighted by Crippen LogP contribution is 2.36. The maximum Gasteiger partial charge on any atom is 0.416 e. The fourth-order valence-corrected chi connectivity index (χ4v) is 3.29. The Morgan fingerprint density at radius 2 is 1.69 bits per heavy atom. The van der Waals surface area contributed by atoms with Crippen molar-refractivity contribution in [2.45, 2.75) is 6.18 Å². The molecule has 0 unspecified atom stereocenters. The van der Waals surface area contributed by atoms with Gasteiger partial charge in [-0.1, -0.05) is 0 Å². The molecule has 12 heteroatoms. The lowest BCUT2D eigenvalue weighted by atomic mass is 10.1. The Morgan fingerprint density at radius 1 is 1.06 bits per heavy atom. The van der Waals surface area contributed by atoms with Crippen LogP contribution in [-0.2, 0) is 11.0 Å². The Balaban J connectivity index is 1.66. The van der Waals surface area contributed by atoms with Crippen molar-refractivity contribution >= 4 is 23.2 Å². The lowest BCUT2D eigenvalue weighted by molar-refractivity contribution is -0.384. The van der Waals surface area contributed by atoms with Crippen molar-refractivity contribution in [3.8, 4) is 5.75 Å². The molecule has 2 aromatic carbocycles. The van der Waals surface area contributed by atoms with Gasteiger partial charge in [0.25, 0.3) is 17.5 Å². The topological polar surface area (TPSA) is 119 Å². The number of carbonyl (C=O) groups is 2. The van der Waals surface area contributed by atoms with Crippen LogP contribution in [0.25, 0.3) is 0 Å². The zero-order valence-corrected chi connectivity index (χ0v) is 16.7. The molecular formula is C20H19F3N4O5. The summed E-state index contributed by atoms with van der Waals surface area (Å²) in [4.78, 5) is 37.1. The fourth-order valence-electron chi connectivity index (χ4n) is 3.29. The molecule has 9 nitrogen and oxygen atoms in total. The molecule has 1 fully saturated rings. The normalized spacial score (nSPS) is 14.2. The molecule has 1 saturated heterocycles. The minimum Gasteiger partial charge on any atom is -0.484 e. The summed E-state index contributed by atoms with van der Waals surface area (Å²) >= 11 is 0. The summed E-state index contributed by atoms with van der Waals surface area (Å²) in [7, 11) is 0. The third kappa shape index (κ3) is 5.25. The minimum atomic E-state index is -4.69. The molecule has 0 bridgehead atoms. The van der Waals surface area contributed by atoms with Crippen molar-refractivity contribution in [3.05, 3.63) is 63.7 Å².